The van der Waals surface area contributed by atoms with E-state index in [2.05, 4.69) is 0 Å². The fourth-order valence-corrected chi connectivity index (χ4v) is 2.69. The van der Waals surface area contributed by atoms with Gasteiger partial charge in [0.1, 0.15) is 5.78 Å². The standard InChI is InChI=1S/C20H24O6/c1-26-20-11-14(5-9-18(20)24)3-7-16(22)12-15(21)6-2-13-4-8-17(23)19(25)10-13/h4-5,8-11,16,22-25H,2-3,6-7,12H2,1H3. The first-order valence-corrected chi connectivity index (χ1v) is 8.45. The number of phenols is 3. The molecule has 6 heteroatoms. The summed E-state index contributed by atoms with van der Waals surface area (Å²) in [5, 5.41) is 38.3. The monoisotopic (exact) mass is 360 g/mol. The lowest BCUT2D eigenvalue weighted by atomic mass is 10.00. The largest absolute Gasteiger partial charge is 0.504 e. The zero-order valence-corrected chi connectivity index (χ0v) is 14.7. The number of ketones is 1. The molecular weight excluding hydrogens is 336 g/mol. The summed E-state index contributed by atoms with van der Waals surface area (Å²) in [6.07, 6.45) is 1.02. The van der Waals surface area contributed by atoms with E-state index in [1.54, 1.807) is 24.3 Å². The Morgan fingerprint density at radius 3 is 2.27 bits per heavy atom. The van der Waals surface area contributed by atoms with E-state index in [-0.39, 0.29) is 35.9 Å². The molecule has 0 spiro atoms. The topological polar surface area (TPSA) is 107 Å². The van der Waals surface area contributed by atoms with Crippen molar-refractivity contribution >= 4 is 5.78 Å². The maximum atomic E-state index is 12.0. The number of aryl methyl sites for hydroxylation is 2. The number of rotatable bonds is 9. The summed E-state index contributed by atoms with van der Waals surface area (Å²) in [7, 11) is 1.47. The minimum Gasteiger partial charge on any atom is -0.504 e. The lowest BCUT2D eigenvalue weighted by Gasteiger charge is -2.11. The van der Waals surface area contributed by atoms with E-state index in [1.165, 1.54) is 19.2 Å². The van der Waals surface area contributed by atoms with Crippen LogP contribution in [0.25, 0.3) is 0 Å². The molecule has 26 heavy (non-hydrogen) atoms. The Morgan fingerprint density at radius 1 is 0.962 bits per heavy atom. The van der Waals surface area contributed by atoms with Crippen LogP contribution in [-0.2, 0) is 17.6 Å². The van der Waals surface area contributed by atoms with Gasteiger partial charge in [-0.1, -0.05) is 12.1 Å². The Hall–Kier alpha value is -2.73. The van der Waals surface area contributed by atoms with Crippen molar-refractivity contribution in [2.24, 2.45) is 0 Å². The second-order valence-corrected chi connectivity index (χ2v) is 6.26. The molecule has 0 aromatic heterocycles. The van der Waals surface area contributed by atoms with Gasteiger partial charge in [-0.25, -0.2) is 0 Å². The number of phenolic OH excluding ortho intramolecular Hbond substituents is 3. The molecule has 4 N–H and O–H groups in total. The molecule has 0 saturated heterocycles. The number of ether oxygens (including phenoxy) is 1. The van der Waals surface area contributed by atoms with Gasteiger partial charge in [0.2, 0.25) is 0 Å². The molecule has 0 aliphatic rings. The number of hydrogen-bond donors (Lipinski definition) is 4. The minimum atomic E-state index is -0.740. The van der Waals surface area contributed by atoms with Crippen LogP contribution in [0.4, 0.5) is 0 Å². The predicted molar refractivity (Wildman–Crippen MR) is 96.7 cm³/mol. The van der Waals surface area contributed by atoms with Gasteiger partial charge in [-0.15, -0.1) is 0 Å². The van der Waals surface area contributed by atoms with Gasteiger partial charge in [-0.2, -0.15) is 0 Å². The molecule has 0 amide bonds. The molecule has 2 aromatic rings. The Bertz CT molecular complexity index is 756. The van der Waals surface area contributed by atoms with Crippen LogP contribution in [0, 0.1) is 0 Å². The quantitative estimate of drug-likeness (QED) is 0.512. The van der Waals surface area contributed by atoms with Crippen LogP contribution in [0.5, 0.6) is 23.0 Å². The van der Waals surface area contributed by atoms with Gasteiger partial charge in [-0.05, 0) is 54.7 Å². The van der Waals surface area contributed by atoms with Gasteiger partial charge in [0.25, 0.3) is 0 Å². The molecule has 2 rings (SSSR count). The van der Waals surface area contributed by atoms with E-state index in [9.17, 15) is 25.2 Å². The van der Waals surface area contributed by atoms with Crippen molar-refractivity contribution in [1.82, 2.24) is 0 Å². The number of methoxy groups -OCH3 is 1. The van der Waals surface area contributed by atoms with Gasteiger partial charge >= 0.3 is 0 Å². The molecule has 0 bridgehead atoms. The van der Waals surface area contributed by atoms with Crippen LogP contribution in [-0.4, -0.2) is 39.4 Å². The average Bonchev–Trinajstić information content (AvgIpc) is 2.62. The van der Waals surface area contributed by atoms with Crippen molar-refractivity contribution in [1.29, 1.82) is 0 Å². The van der Waals surface area contributed by atoms with Crippen LogP contribution in [0.1, 0.15) is 30.4 Å². The number of aliphatic hydroxyl groups is 1. The number of carbonyl (C=O) groups is 1. The molecule has 2 aromatic carbocycles. The summed E-state index contributed by atoms with van der Waals surface area (Å²) in [5.74, 6) is -0.0218. The summed E-state index contributed by atoms with van der Waals surface area (Å²) in [6, 6.07) is 9.47. The number of aromatic hydroxyl groups is 3. The lowest BCUT2D eigenvalue weighted by Crippen LogP contribution is -2.15. The van der Waals surface area contributed by atoms with E-state index >= 15 is 0 Å². The minimum absolute atomic E-state index is 0.0617. The average molecular weight is 360 g/mol. The molecule has 0 fully saturated rings. The van der Waals surface area contributed by atoms with Gasteiger partial charge in [0.05, 0.1) is 13.2 Å². The van der Waals surface area contributed by atoms with Crippen LogP contribution in [0.3, 0.4) is 0 Å². The molecule has 1 unspecified atom stereocenters. The van der Waals surface area contributed by atoms with Crippen LogP contribution >= 0.6 is 0 Å². The number of aliphatic hydroxyl groups excluding tert-OH is 1. The summed E-state index contributed by atoms with van der Waals surface area (Å²) in [5.41, 5.74) is 1.66. The highest BCUT2D eigenvalue weighted by molar-refractivity contribution is 5.79. The molecule has 6 nitrogen and oxygen atoms in total. The Balaban J connectivity index is 1.77. The number of Topliss-reactive ketones (excluding diaryl/α,β-unsaturated/α-hetero) is 1. The van der Waals surface area contributed by atoms with Gasteiger partial charge in [-0.3, -0.25) is 4.79 Å². The van der Waals surface area contributed by atoms with Crippen molar-refractivity contribution in [3.8, 4) is 23.0 Å². The SMILES string of the molecule is COc1cc(CCC(O)CC(=O)CCc2ccc(O)c(O)c2)ccc1O. The summed E-state index contributed by atoms with van der Waals surface area (Å²) in [6.45, 7) is 0. The third-order valence-corrected chi connectivity index (χ3v) is 4.21. The fraction of sp³-hybridized carbons (Fsp3) is 0.350. The maximum Gasteiger partial charge on any atom is 0.160 e. The van der Waals surface area contributed by atoms with Crippen LogP contribution < -0.4 is 4.74 Å². The highest BCUT2D eigenvalue weighted by Crippen LogP contribution is 2.27. The lowest BCUT2D eigenvalue weighted by molar-refractivity contribution is -0.121. The first-order chi connectivity index (χ1) is 12.4. The van der Waals surface area contributed by atoms with Crippen LogP contribution in [0.2, 0.25) is 0 Å². The van der Waals surface area contributed by atoms with E-state index in [0.717, 1.165) is 11.1 Å². The molecule has 140 valence electrons. The van der Waals surface area contributed by atoms with Crippen molar-refractivity contribution < 1.29 is 30.0 Å². The van der Waals surface area contributed by atoms with Crippen molar-refractivity contribution in [2.75, 3.05) is 7.11 Å². The molecular formula is C20H24O6. The zero-order chi connectivity index (χ0) is 19.1. The molecule has 0 saturated carbocycles. The van der Waals surface area contributed by atoms with Crippen molar-refractivity contribution in [3.63, 3.8) is 0 Å². The Kier molecular flexibility index (Phi) is 6.86. The normalized spacial score (nSPS) is 11.9. The van der Waals surface area contributed by atoms with E-state index in [4.69, 9.17) is 4.74 Å². The molecule has 0 aliphatic heterocycles. The smallest absolute Gasteiger partial charge is 0.160 e. The number of carbonyl (C=O) groups excluding carboxylic acids is 1. The summed E-state index contributed by atoms with van der Waals surface area (Å²) < 4.78 is 5.05. The van der Waals surface area contributed by atoms with Crippen LogP contribution in [0.15, 0.2) is 36.4 Å². The van der Waals surface area contributed by atoms with E-state index in [0.29, 0.717) is 25.0 Å². The summed E-state index contributed by atoms with van der Waals surface area (Å²) in [4.78, 5) is 12.0. The third kappa shape index (κ3) is 5.67. The highest BCUT2D eigenvalue weighted by atomic mass is 16.5. The first kappa shape index (κ1) is 19.6. The molecule has 0 aliphatic carbocycles. The zero-order valence-electron chi connectivity index (χ0n) is 14.7. The third-order valence-electron chi connectivity index (χ3n) is 4.21. The van der Waals surface area contributed by atoms with Gasteiger partial charge in [0.15, 0.2) is 23.0 Å². The maximum absolute atomic E-state index is 12.0. The first-order valence-electron chi connectivity index (χ1n) is 8.45. The molecule has 0 heterocycles. The van der Waals surface area contributed by atoms with E-state index in [1.807, 2.05) is 0 Å². The van der Waals surface area contributed by atoms with E-state index < -0.39 is 6.10 Å². The second-order valence-electron chi connectivity index (χ2n) is 6.26. The molecule has 1 atom stereocenters. The second kappa shape index (κ2) is 9.10. The Morgan fingerprint density at radius 2 is 1.62 bits per heavy atom. The van der Waals surface area contributed by atoms with Gasteiger partial charge < -0.3 is 25.2 Å². The van der Waals surface area contributed by atoms with Gasteiger partial charge in [0, 0.05) is 12.8 Å². The fourth-order valence-electron chi connectivity index (χ4n) is 2.69. The molecule has 0 radical (unpaired) electrons. The number of benzene rings is 2. The highest BCUT2D eigenvalue weighted by Gasteiger charge is 2.12. The summed E-state index contributed by atoms with van der Waals surface area (Å²) >= 11 is 0. The Labute approximate surface area is 152 Å². The predicted octanol–water partition coefficient (Wildman–Crippen LogP) is 2.70. The van der Waals surface area contributed by atoms with Crippen molar-refractivity contribution in [3.05, 3.63) is 47.5 Å². The van der Waals surface area contributed by atoms with Crippen molar-refractivity contribution in [2.45, 2.75) is 38.2 Å². The number of hydrogen-bond acceptors (Lipinski definition) is 6.